The van der Waals surface area contributed by atoms with Crippen molar-refractivity contribution in [3.8, 4) is 0 Å². The lowest BCUT2D eigenvalue weighted by atomic mass is 10.0. The minimum atomic E-state index is -1.54. The third-order valence-corrected chi connectivity index (χ3v) is 5.82. The number of aliphatic carboxylic acids is 2. The monoisotopic (exact) mass is 559 g/mol. The summed E-state index contributed by atoms with van der Waals surface area (Å²) >= 11 is 0. The highest BCUT2D eigenvalue weighted by atomic mass is 16.4. The summed E-state index contributed by atoms with van der Waals surface area (Å²) in [7, 11) is 0. The molecule has 10 N–H and O–H groups in total. The quantitative estimate of drug-likeness (QED) is 0.108. The molecule has 0 saturated carbocycles. The maximum absolute atomic E-state index is 13.2. The Hall–Kier alpha value is -4.79. The Kier molecular flexibility index (Phi) is 12.2. The molecule has 0 aliphatic rings. The third-order valence-electron chi connectivity index (χ3n) is 5.82. The molecule has 4 amide bonds. The van der Waals surface area contributed by atoms with Crippen molar-refractivity contribution in [3.63, 3.8) is 0 Å². The summed E-state index contributed by atoms with van der Waals surface area (Å²) in [4.78, 5) is 79.5. The molecule has 15 nitrogen and oxygen atoms in total. The Balaban J connectivity index is 2.18. The van der Waals surface area contributed by atoms with E-state index in [1.807, 2.05) is 0 Å². The summed E-state index contributed by atoms with van der Waals surface area (Å²) in [5.74, 6) is -5.88. The minimum absolute atomic E-state index is 0.146. The number of nitrogens with one attached hydrogen (secondary N) is 4. The molecular weight excluding hydrogens is 526 g/mol. The van der Waals surface area contributed by atoms with Crippen molar-refractivity contribution in [1.82, 2.24) is 25.9 Å². The standard InChI is InChI=1S/C25H33N7O8/c26-16(10-14-4-2-1-3-5-14)22(36)30-17(6-8-20(27)33)23(37)32-19(11-15-12-28-13-29-15)24(38)31-18(25(39)40)7-9-21(34)35/h1-5,12-13,16-19H,6-11,26H2,(H2,27,33)(H,28,29)(H,30,36)(H,31,38)(H,32,37)(H,34,35)(H,39,40). The number of hydrogen-bond acceptors (Lipinski definition) is 8. The molecule has 0 bridgehead atoms. The number of aromatic amines is 1. The lowest BCUT2D eigenvalue weighted by Crippen LogP contribution is -2.58. The van der Waals surface area contributed by atoms with Gasteiger partial charge in [0.1, 0.15) is 18.1 Å². The number of hydrogen-bond donors (Lipinski definition) is 8. The highest BCUT2D eigenvalue weighted by molar-refractivity contribution is 5.94. The molecule has 15 heteroatoms. The predicted molar refractivity (Wildman–Crippen MR) is 139 cm³/mol. The number of nitrogens with zero attached hydrogens (tertiary/aromatic N) is 1. The topological polar surface area (TPSA) is 260 Å². The molecule has 1 aromatic heterocycles. The Morgan fingerprint density at radius 1 is 0.825 bits per heavy atom. The summed E-state index contributed by atoms with van der Waals surface area (Å²) in [6.07, 6.45) is 1.39. The predicted octanol–water partition coefficient (Wildman–Crippen LogP) is -1.81. The van der Waals surface area contributed by atoms with Gasteiger partial charge in [-0.2, -0.15) is 0 Å². The molecule has 2 rings (SSSR count). The maximum Gasteiger partial charge on any atom is 0.326 e. The van der Waals surface area contributed by atoms with E-state index in [0.717, 1.165) is 5.56 Å². The lowest BCUT2D eigenvalue weighted by Gasteiger charge is -2.25. The average molecular weight is 560 g/mol. The van der Waals surface area contributed by atoms with Gasteiger partial charge in [-0.05, 0) is 24.8 Å². The number of carbonyl (C=O) groups is 6. The highest BCUT2D eigenvalue weighted by Gasteiger charge is 2.31. The lowest BCUT2D eigenvalue weighted by molar-refractivity contribution is -0.143. The van der Waals surface area contributed by atoms with Gasteiger partial charge in [0.15, 0.2) is 0 Å². The number of aromatic nitrogens is 2. The number of carbonyl (C=O) groups excluding carboxylic acids is 4. The van der Waals surface area contributed by atoms with Crippen molar-refractivity contribution in [2.24, 2.45) is 11.5 Å². The molecule has 0 aliphatic heterocycles. The number of carboxylic acids is 2. The van der Waals surface area contributed by atoms with E-state index in [-0.39, 0.29) is 25.7 Å². The van der Waals surface area contributed by atoms with Crippen molar-refractivity contribution in [1.29, 1.82) is 0 Å². The molecule has 0 aliphatic carbocycles. The van der Waals surface area contributed by atoms with Crippen LogP contribution in [-0.4, -0.2) is 79.9 Å². The SMILES string of the molecule is NC(=O)CCC(NC(=O)C(N)Cc1ccccc1)C(=O)NC(Cc1cnc[nH]1)C(=O)NC(CCC(=O)O)C(=O)O. The zero-order valence-electron chi connectivity index (χ0n) is 21.5. The number of amides is 4. The van der Waals surface area contributed by atoms with Crippen molar-refractivity contribution in [2.75, 3.05) is 0 Å². The first-order chi connectivity index (χ1) is 19.0. The van der Waals surface area contributed by atoms with E-state index in [1.54, 1.807) is 30.3 Å². The fourth-order valence-corrected chi connectivity index (χ4v) is 3.69. The van der Waals surface area contributed by atoms with E-state index in [9.17, 15) is 33.9 Å². The zero-order chi connectivity index (χ0) is 29.7. The van der Waals surface area contributed by atoms with E-state index in [2.05, 4.69) is 25.9 Å². The van der Waals surface area contributed by atoms with Crippen LogP contribution in [0.4, 0.5) is 0 Å². The molecule has 40 heavy (non-hydrogen) atoms. The number of benzene rings is 1. The van der Waals surface area contributed by atoms with Crippen LogP contribution in [0.1, 0.15) is 36.9 Å². The first kappa shape index (κ1) is 31.4. The molecule has 2 aromatic rings. The smallest absolute Gasteiger partial charge is 0.326 e. The van der Waals surface area contributed by atoms with E-state index < -0.39 is 72.6 Å². The average Bonchev–Trinajstić information content (AvgIpc) is 3.41. The van der Waals surface area contributed by atoms with Crippen LogP contribution < -0.4 is 27.4 Å². The molecule has 0 fully saturated rings. The first-order valence-corrected chi connectivity index (χ1v) is 12.4. The second-order valence-corrected chi connectivity index (χ2v) is 9.04. The Labute approximate surface area is 229 Å². The summed E-state index contributed by atoms with van der Waals surface area (Å²) in [6.45, 7) is 0. The normalized spacial score (nSPS) is 13.7. The van der Waals surface area contributed by atoms with Crippen LogP contribution in [0.3, 0.4) is 0 Å². The fourth-order valence-electron chi connectivity index (χ4n) is 3.69. The molecule has 216 valence electrons. The van der Waals surface area contributed by atoms with Gasteiger partial charge >= 0.3 is 11.9 Å². The van der Waals surface area contributed by atoms with Crippen LogP contribution in [-0.2, 0) is 41.6 Å². The first-order valence-electron chi connectivity index (χ1n) is 12.4. The van der Waals surface area contributed by atoms with E-state index in [1.165, 1.54) is 12.5 Å². The van der Waals surface area contributed by atoms with Gasteiger partial charge in [0, 0.05) is 31.2 Å². The number of carboxylic acid groups (broad SMARTS) is 2. The second-order valence-electron chi connectivity index (χ2n) is 9.04. The van der Waals surface area contributed by atoms with Gasteiger partial charge in [-0.1, -0.05) is 30.3 Å². The minimum Gasteiger partial charge on any atom is -0.481 e. The van der Waals surface area contributed by atoms with Crippen molar-refractivity contribution in [3.05, 3.63) is 54.1 Å². The number of nitrogens with two attached hydrogens (primary N) is 2. The van der Waals surface area contributed by atoms with E-state index in [0.29, 0.717) is 5.69 Å². The molecule has 0 spiro atoms. The molecule has 1 aromatic carbocycles. The molecular formula is C25H33N7O8. The number of rotatable bonds is 17. The van der Waals surface area contributed by atoms with E-state index >= 15 is 0 Å². The van der Waals surface area contributed by atoms with Gasteiger partial charge in [-0.15, -0.1) is 0 Å². The third kappa shape index (κ3) is 10.9. The van der Waals surface area contributed by atoms with Crippen molar-refractivity contribution in [2.45, 2.75) is 62.7 Å². The van der Waals surface area contributed by atoms with Crippen LogP contribution >= 0.6 is 0 Å². The van der Waals surface area contributed by atoms with Crippen LogP contribution in [0.2, 0.25) is 0 Å². The number of imidazole rings is 1. The van der Waals surface area contributed by atoms with Gasteiger partial charge in [-0.3, -0.25) is 24.0 Å². The fraction of sp³-hybridized carbons (Fsp3) is 0.400. The van der Waals surface area contributed by atoms with Crippen molar-refractivity contribution >= 4 is 35.6 Å². The van der Waals surface area contributed by atoms with Crippen LogP contribution in [0.5, 0.6) is 0 Å². The van der Waals surface area contributed by atoms with Crippen LogP contribution in [0.15, 0.2) is 42.9 Å². The number of primary amides is 1. The maximum atomic E-state index is 13.2. The van der Waals surface area contributed by atoms with Gasteiger partial charge in [0.25, 0.3) is 0 Å². The molecule has 4 atom stereocenters. The second kappa shape index (κ2) is 15.6. The molecule has 0 radical (unpaired) electrons. The Morgan fingerprint density at radius 2 is 1.43 bits per heavy atom. The largest absolute Gasteiger partial charge is 0.481 e. The zero-order valence-corrected chi connectivity index (χ0v) is 21.5. The molecule has 0 saturated heterocycles. The van der Waals surface area contributed by atoms with Crippen molar-refractivity contribution < 1.29 is 39.0 Å². The van der Waals surface area contributed by atoms with Gasteiger partial charge in [-0.25, -0.2) is 9.78 Å². The number of H-pyrrole nitrogens is 1. The molecule has 1 heterocycles. The Morgan fingerprint density at radius 3 is 2.00 bits per heavy atom. The van der Waals surface area contributed by atoms with Gasteiger partial charge < -0.3 is 42.6 Å². The van der Waals surface area contributed by atoms with Gasteiger partial charge in [0.05, 0.1) is 12.4 Å². The van der Waals surface area contributed by atoms with E-state index in [4.69, 9.17) is 16.6 Å². The van der Waals surface area contributed by atoms with Crippen LogP contribution in [0, 0.1) is 0 Å². The van der Waals surface area contributed by atoms with Crippen LogP contribution in [0.25, 0.3) is 0 Å². The Bertz CT molecular complexity index is 1170. The summed E-state index contributed by atoms with van der Waals surface area (Å²) in [5, 5.41) is 25.5. The summed E-state index contributed by atoms with van der Waals surface area (Å²) in [6, 6.07) is 3.71. The molecule has 4 unspecified atom stereocenters. The highest BCUT2D eigenvalue weighted by Crippen LogP contribution is 2.07. The summed E-state index contributed by atoms with van der Waals surface area (Å²) < 4.78 is 0. The summed E-state index contributed by atoms with van der Waals surface area (Å²) in [5.41, 5.74) is 12.4. The van der Waals surface area contributed by atoms with Gasteiger partial charge in [0.2, 0.25) is 23.6 Å².